The number of hydrogen-bond acceptors (Lipinski definition) is 8. The average molecular weight is 596 g/mol. The zero-order chi connectivity index (χ0) is 31.1. The lowest BCUT2D eigenvalue weighted by Crippen LogP contribution is -2.46. The van der Waals surface area contributed by atoms with Crippen LogP contribution in [0.25, 0.3) is 16.8 Å². The van der Waals surface area contributed by atoms with E-state index in [1.165, 1.54) is 24.3 Å². The van der Waals surface area contributed by atoms with Gasteiger partial charge < -0.3 is 19.5 Å². The predicted octanol–water partition coefficient (Wildman–Crippen LogP) is 5.29. The van der Waals surface area contributed by atoms with Crippen LogP contribution in [0, 0.1) is 27.9 Å². The van der Waals surface area contributed by atoms with Crippen molar-refractivity contribution in [2.45, 2.75) is 38.6 Å². The van der Waals surface area contributed by atoms with Crippen LogP contribution in [0.1, 0.15) is 31.7 Å². The third-order valence-corrected chi connectivity index (χ3v) is 9.06. The first-order valence-corrected chi connectivity index (χ1v) is 14.7. The Hall–Kier alpha value is -4.32. The van der Waals surface area contributed by atoms with Crippen LogP contribution < -0.4 is 4.90 Å². The summed E-state index contributed by atoms with van der Waals surface area (Å²) in [6.45, 7) is 2.29. The number of methoxy groups -OCH3 is 1. The third kappa shape index (κ3) is 5.31. The quantitative estimate of drug-likeness (QED) is 0.118. The number of benzene rings is 3. The number of nitrogens with zero attached hydrogens (tertiary/aromatic N) is 2. The highest BCUT2D eigenvalue weighted by Gasteiger charge is 2.57. The number of anilines is 1. The Balaban J connectivity index is 1.29. The lowest BCUT2D eigenvalue weighted by atomic mass is 9.58. The van der Waals surface area contributed by atoms with E-state index in [-0.39, 0.29) is 30.1 Å². The van der Waals surface area contributed by atoms with Crippen LogP contribution in [0.5, 0.6) is 5.75 Å². The number of hydrogen-bond donors (Lipinski definition) is 2. The molecule has 0 aromatic heterocycles. The van der Waals surface area contributed by atoms with E-state index in [0.717, 1.165) is 38.0 Å². The van der Waals surface area contributed by atoms with Gasteiger partial charge >= 0.3 is 7.12 Å². The van der Waals surface area contributed by atoms with E-state index in [9.17, 15) is 29.8 Å². The zero-order valence-corrected chi connectivity index (χ0v) is 24.5. The van der Waals surface area contributed by atoms with Crippen molar-refractivity contribution in [3.8, 4) is 5.75 Å². The van der Waals surface area contributed by atoms with Crippen molar-refractivity contribution in [3.05, 3.63) is 93.1 Å². The second-order valence-corrected chi connectivity index (χ2v) is 11.8. The highest BCUT2D eigenvalue weighted by molar-refractivity contribution is 6.43. The number of phenolic OH excluding ortho intramolecular Hbond substituents is 1. The summed E-state index contributed by atoms with van der Waals surface area (Å²) in [5.41, 5.74) is 3.82. The molecule has 2 saturated heterocycles. The van der Waals surface area contributed by atoms with Crippen molar-refractivity contribution in [2.24, 2.45) is 17.8 Å². The second-order valence-electron chi connectivity index (χ2n) is 11.8. The summed E-state index contributed by atoms with van der Waals surface area (Å²) in [7, 11) is 0.463. The van der Waals surface area contributed by atoms with Crippen LogP contribution >= 0.6 is 0 Å². The number of carbonyl (C=O) groups excluding carboxylic acids is 2. The van der Waals surface area contributed by atoms with E-state index in [4.69, 9.17) is 9.39 Å². The van der Waals surface area contributed by atoms with Crippen molar-refractivity contribution in [1.29, 1.82) is 0 Å². The molecule has 3 aromatic rings. The topological polar surface area (TPSA) is 139 Å². The molecule has 2 aliphatic heterocycles. The number of carbonyl (C=O) groups is 2. The summed E-state index contributed by atoms with van der Waals surface area (Å²) in [4.78, 5) is 39.5. The number of ether oxygens (including phenoxy) is 1. The Morgan fingerprint density at radius 1 is 1.11 bits per heavy atom. The predicted molar refractivity (Wildman–Crippen MR) is 166 cm³/mol. The van der Waals surface area contributed by atoms with Gasteiger partial charge in [0, 0.05) is 24.6 Å². The summed E-state index contributed by atoms with van der Waals surface area (Å²) in [5, 5.41) is 34.2. The number of non-ortho nitro benzene ring substituents is 1. The Labute approximate surface area is 254 Å². The molecule has 1 aliphatic carbocycles. The van der Waals surface area contributed by atoms with E-state index >= 15 is 0 Å². The highest BCUT2D eigenvalue weighted by atomic mass is 16.6. The normalized spacial score (nSPS) is 23.8. The molecular weight excluding hydrogens is 563 g/mol. The van der Waals surface area contributed by atoms with Gasteiger partial charge in [0.25, 0.3) is 5.69 Å². The monoisotopic (exact) mass is 596 g/mol. The molecule has 0 bridgehead atoms. The van der Waals surface area contributed by atoms with E-state index in [2.05, 4.69) is 6.08 Å². The van der Waals surface area contributed by atoms with Gasteiger partial charge in [-0.2, -0.15) is 0 Å². The number of phenols is 1. The van der Waals surface area contributed by atoms with Crippen LogP contribution in [0.4, 0.5) is 11.4 Å². The van der Waals surface area contributed by atoms with Crippen LogP contribution in [0.3, 0.4) is 0 Å². The fourth-order valence-corrected chi connectivity index (χ4v) is 7.20. The van der Waals surface area contributed by atoms with Crippen molar-refractivity contribution < 1.29 is 34.0 Å². The van der Waals surface area contributed by atoms with Crippen LogP contribution in [-0.4, -0.2) is 53.8 Å². The Kier molecular flexibility index (Phi) is 8.11. The summed E-state index contributed by atoms with van der Waals surface area (Å²) < 4.78 is 11.6. The van der Waals surface area contributed by atoms with Crippen molar-refractivity contribution >= 4 is 47.2 Å². The molecule has 2 heterocycles. The SMILES string of the molecule is COCC1=C2[C@@H](CC/C(C)=C/c3ccc(O)c4ccccc34)OB(O)C[C@@H]2[C@@H]2C(=O)N(c3cccc([N+](=O)[O-])c3)C(=O)[C@@H]2C1. The van der Waals surface area contributed by atoms with Gasteiger partial charge in [-0.25, -0.2) is 4.90 Å². The van der Waals surface area contributed by atoms with Gasteiger partial charge in [-0.15, -0.1) is 0 Å². The number of allylic oxidation sites excluding steroid dienone is 1. The Morgan fingerprint density at radius 3 is 2.64 bits per heavy atom. The first-order chi connectivity index (χ1) is 21.2. The summed E-state index contributed by atoms with van der Waals surface area (Å²) in [5.74, 6) is -2.39. The number of rotatable bonds is 8. The van der Waals surface area contributed by atoms with Gasteiger partial charge in [0.05, 0.1) is 35.2 Å². The number of nitro benzene ring substituents is 1. The lowest BCUT2D eigenvalue weighted by Gasteiger charge is -2.43. The first kappa shape index (κ1) is 29.7. The molecule has 0 radical (unpaired) electrons. The van der Waals surface area contributed by atoms with Gasteiger partial charge in [0.1, 0.15) is 5.75 Å². The fourth-order valence-electron chi connectivity index (χ4n) is 7.20. The number of imide groups is 1. The van der Waals surface area contributed by atoms with Crippen LogP contribution in [0.2, 0.25) is 6.32 Å². The summed E-state index contributed by atoms with van der Waals surface area (Å²) >= 11 is 0. The lowest BCUT2D eigenvalue weighted by molar-refractivity contribution is -0.384. The average Bonchev–Trinajstić information content (AvgIpc) is 3.26. The van der Waals surface area contributed by atoms with Crippen molar-refractivity contribution in [3.63, 3.8) is 0 Å². The molecule has 11 heteroatoms. The number of aromatic hydroxyl groups is 1. The van der Waals surface area contributed by atoms with Crippen LogP contribution in [-0.2, 0) is 19.0 Å². The molecule has 0 unspecified atom stereocenters. The van der Waals surface area contributed by atoms with Gasteiger partial charge in [-0.1, -0.05) is 48.0 Å². The Morgan fingerprint density at radius 2 is 1.89 bits per heavy atom. The molecule has 0 spiro atoms. The third-order valence-electron chi connectivity index (χ3n) is 9.06. The molecule has 44 heavy (non-hydrogen) atoms. The minimum atomic E-state index is -1.11. The largest absolute Gasteiger partial charge is 0.507 e. The second kappa shape index (κ2) is 12.0. The number of nitro groups is 1. The molecule has 10 nitrogen and oxygen atoms in total. The fraction of sp³-hybridized carbons (Fsp3) is 0.333. The highest BCUT2D eigenvalue weighted by Crippen LogP contribution is 2.51. The van der Waals surface area contributed by atoms with Crippen LogP contribution in [0.15, 0.2) is 77.4 Å². The van der Waals surface area contributed by atoms with Crippen molar-refractivity contribution in [1.82, 2.24) is 0 Å². The van der Waals surface area contributed by atoms with E-state index in [1.54, 1.807) is 13.2 Å². The molecule has 4 atom stereocenters. The molecule has 3 aliphatic rings. The maximum Gasteiger partial charge on any atom is 0.455 e. The maximum atomic E-state index is 13.9. The van der Waals surface area contributed by atoms with Gasteiger partial charge in [-0.3, -0.25) is 19.7 Å². The molecule has 226 valence electrons. The smallest absolute Gasteiger partial charge is 0.455 e. The molecule has 6 rings (SSSR count). The number of amides is 2. The van der Waals surface area contributed by atoms with Gasteiger partial charge in [0.2, 0.25) is 11.8 Å². The molecule has 2 amide bonds. The molecule has 2 N–H and O–H groups in total. The van der Waals surface area contributed by atoms with Crippen molar-refractivity contribution in [2.75, 3.05) is 18.6 Å². The zero-order valence-electron chi connectivity index (χ0n) is 24.5. The standard InChI is InChI=1S/C33H33BN2O8/c1-19(14-20-11-12-28(37)25-9-4-3-8-24(20)25)10-13-29-30-21(18-43-2)15-26-31(27(30)17-34(40)44-29)33(39)35(32(26)38)22-6-5-7-23(16-22)36(41)42/h3-9,11-12,14,16,26-27,29,31,37,40H,10,13,15,17-18H2,1-2H3/b19-14+/t26-,27+,29-,31-/m1/s1. The molecule has 3 aromatic carbocycles. The van der Waals surface area contributed by atoms with E-state index < -0.39 is 47.7 Å². The number of fused-ring (bicyclic) bond motifs is 4. The van der Waals surface area contributed by atoms with E-state index in [1.807, 2.05) is 37.3 Å². The Bertz CT molecular complexity index is 1720. The first-order valence-electron chi connectivity index (χ1n) is 14.7. The van der Waals surface area contributed by atoms with E-state index in [0.29, 0.717) is 19.3 Å². The summed E-state index contributed by atoms with van der Waals surface area (Å²) in [6.07, 6.45) is 3.26. The van der Waals surface area contributed by atoms with Gasteiger partial charge in [-0.05, 0) is 72.7 Å². The minimum Gasteiger partial charge on any atom is -0.507 e. The minimum absolute atomic E-state index is 0.163. The molecule has 2 fully saturated rings. The van der Waals surface area contributed by atoms with Gasteiger partial charge in [0.15, 0.2) is 0 Å². The maximum absolute atomic E-state index is 13.9. The summed E-state index contributed by atoms with van der Waals surface area (Å²) in [6, 6.07) is 16.8. The molecule has 0 saturated carbocycles. The molecular formula is C33H33BN2O8.